The van der Waals surface area contributed by atoms with Gasteiger partial charge in [-0.3, -0.25) is 0 Å². The third-order valence-corrected chi connectivity index (χ3v) is 3.55. The molecule has 0 aliphatic heterocycles. The molecule has 1 N–H and O–H groups in total. The predicted molar refractivity (Wildman–Crippen MR) is 81.8 cm³/mol. The van der Waals surface area contributed by atoms with Crippen molar-refractivity contribution in [3.05, 3.63) is 46.5 Å². The average molecular weight is 272 g/mol. The topological polar surface area (TPSA) is 42.7 Å². The zero-order valence-electron chi connectivity index (χ0n) is 12.9. The number of aryl methyl sites for hydroxylation is 3. The first-order valence-electron chi connectivity index (χ1n) is 7.26. The molecular weight excluding hydrogens is 248 g/mol. The Hall–Kier alpha value is -1.68. The third kappa shape index (κ3) is 3.45. The number of benzene rings is 1. The summed E-state index contributed by atoms with van der Waals surface area (Å²) in [6.07, 6.45) is 2.77. The van der Waals surface area contributed by atoms with Gasteiger partial charge in [0, 0.05) is 0 Å². The Labute approximate surface area is 121 Å². The first-order valence-corrected chi connectivity index (χ1v) is 7.26. The summed E-state index contributed by atoms with van der Waals surface area (Å²) in [7, 11) is 0. The van der Waals surface area contributed by atoms with Crippen LogP contribution in [0.1, 0.15) is 41.4 Å². The fourth-order valence-electron chi connectivity index (χ4n) is 2.54. The molecule has 0 bridgehead atoms. The van der Waals surface area contributed by atoms with Gasteiger partial charge in [-0.1, -0.05) is 24.6 Å². The van der Waals surface area contributed by atoms with Gasteiger partial charge in [-0.2, -0.15) is 5.10 Å². The maximum Gasteiger partial charge on any atom is 0.141 e. The molecule has 0 saturated heterocycles. The number of hydrogen-bond acceptors (Lipinski definition) is 3. The van der Waals surface area contributed by atoms with E-state index < -0.39 is 0 Å². The summed E-state index contributed by atoms with van der Waals surface area (Å²) >= 11 is 0. The highest BCUT2D eigenvalue weighted by molar-refractivity contribution is 5.37. The summed E-state index contributed by atoms with van der Waals surface area (Å²) in [6, 6.07) is 4.46. The van der Waals surface area contributed by atoms with Gasteiger partial charge >= 0.3 is 0 Å². The molecule has 4 heteroatoms. The lowest BCUT2D eigenvalue weighted by molar-refractivity contribution is 0.581. The second-order valence-corrected chi connectivity index (χ2v) is 5.39. The van der Waals surface area contributed by atoms with Gasteiger partial charge in [0.15, 0.2) is 0 Å². The average Bonchev–Trinajstić information content (AvgIpc) is 2.81. The molecule has 20 heavy (non-hydrogen) atoms. The van der Waals surface area contributed by atoms with Gasteiger partial charge in [-0.15, -0.1) is 0 Å². The Morgan fingerprint density at radius 3 is 2.50 bits per heavy atom. The molecule has 0 unspecified atom stereocenters. The molecule has 0 atom stereocenters. The van der Waals surface area contributed by atoms with Crippen LogP contribution in [0.3, 0.4) is 0 Å². The van der Waals surface area contributed by atoms with E-state index in [-0.39, 0.29) is 0 Å². The van der Waals surface area contributed by atoms with Gasteiger partial charge in [-0.25, -0.2) is 9.67 Å². The van der Waals surface area contributed by atoms with Crippen molar-refractivity contribution in [3.63, 3.8) is 0 Å². The fraction of sp³-hybridized carbons (Fsp3) is 0.500. The number of rotatable bonds is 6. The first-order chi connectivity index (χ1) is 9.61. The minimum atomic E-state index is 0.776. The van der Waals surface area contributed by atoms with E-state index in [2.05, 4.69) is 55.2 Å². The molecule has 0 aliphatic carbocycles. The number of hydrogen-bond donors (Lipinski definition) is 1. The second-order valence-electron chi connectivity index (χ2n) is 5.39. The van der Waals surface area contributed by atoms with Gasteiger partial charge in [0.1, 0.15) is 12.2 Å². The van der Waals surface area contributed by atoms with E-state index in [1.54, 1.807) is 6.33 Å². The van der Waals surface area contributed by atoms with Crippen LogP contribution in [-0.2, 0) is 13.1 Å². The van der Waals surface area contributed by atoms with Crippen molar-refractivity contribution in [2.75, 3.05) is 6.54 Å². The Morgan fingerprint density at radius 2 is 1.85 bits per heavy atom. The maximum atomic E-state index is 4.36. The molecule has 108 valence electrons. The van der Waals surface area contributed by atoms with E-state index in [0.29, 0.717) is 0 Å². The van der Waals surface area contributed by atoms with E-state index in [0.717, 1.165) is 31.9 Å². The predicted octanol–water partition coefficient (Wildman–Crippen LogP) is 2.75. The lowest BCUT2D eigenvalue weighted by atomic mass is 10.00. The summed E-state index contributed by atoms with van der Waals surface area (Å²) in [5.41, 5.74) is 5.31. The van der Waals surface area contributed by atoms with Crippen molar-refractivity contribution >= 4 is 0 Å². The number of nitrogens with one attached hydrogen (secondary N) is 1. The van der Waals surface area contributed by atoms with Crippen LogP contribution in [0.15, 0.2) is 18.5 Å². The maximum absolute atomic E-state index is 4.36. The standard InChI is InChI=1S/C16H24N4/c1-5-6-17-9-16-18-11-19-20(16)10-15-13(3)7-12(2)8-14(15)4/h7-8,11,17H,5-6,9-10H2,1-4H3. The minimum Gasteiger partial charge on any atom is -0.310 e. The molecule has 0 saturated carbocycles. The Bertz CT molecular complexity index is 549. The highest BCUT2D eigenvalue weighted by atomic mass is 15.3. The van der Waals surface area contributed by atoms with E-state index >= 15 is 0 Å². The molecule has 2 aromatic rings. The fourth-order valence-corrected chi connectivity index (χ4v) is 2.54. The molecule has 0 spiro atoms. The normalized spacial score (nSPS) is 11.0. The van der Waals surface area contributed by atoms with Gasteiger partial charge in [0.25, 0.3) is 0 Å². The quantitative estimate of drug-likeness (QED) is 0.822. The smallest absolute Gasteiger partial charge is 0.141 e. The molecule has 1 aromatic carbocycles. The van der Waals surface area contributed by atoms with Crippen LogP contribution in [0, 0.1) is 20.8 Å². The molecule has 0 aliphatic rings. The molecule has 0 radical (unpaired) electrons. The first kappa shape index (κ1) is 14.7. The molecule has 2 rings (SSSR count). The molecule has 0 fully saturated rings. The summed E-state index contributed by atoms with van der Waals surface area (Å²) in [6.45, 7) is 11.2. The third-order valence-electron chi connectivity index (χ3n) is 3.55. The molecule has 0 amide bonds. The Kier molecular flexibility index (Phi) is 4.90. The van der Waals surface area contributed by atoms with Crippen LogP contribution >= 0.6 is 0 Å². The van der Waals surface area contributed by atoms with Crippen molar-refractivity contribution in [3.8, 4) is 0 Å². The lowest BCUT2D eigenvalue weighted by Gasteiger charge is -2.13. The van der Waals surface area contributed by atoms with Crippen molar-refractivity contribution in [2.24, 2.45) is 0 Å². The summed E-state index contributed by atoms with van der Waals surface area (Å²) < 4.78 is 1.99. The molecule has 1 heterocycles. The van der Waals surface area contributed by atoms with Crippen LogP contribution in [-0.4, -0.2) is 21.3 Å². The van der Waals surface area contributed by atoms with Crippen molar-refractivity contribution in [1.82, 2.24) is 20.1 Å². The number of aromatic nitrogens is 3. The van der Waals surface area contributed by atoms with Crippen LogP contribution in [0.25, 0.3) is 0 Å². The zero-order chi connectivity index (χ0) is 14.5. The zero-order valence-corrected chi connectivity index (χ0v) is 12.9. The lowest BCUT2D eigenvalue weighted by Crippen LogP contribution is -2.19. The van der Waals surface area contributed by atoms with Gasteiger partial charge in [-0.05, 0) is 50.4 Å². The van der Waals surface area contributed by atoms with Gasteiger partial charge < -0.3 is 5.32 Å². The summed E-state index contributed by atoms with van der Waals surface area (Å²) in [5, 5.41) is 7.74. The monoisotopic (exact) mass is 272 g/mol. The highest BCUT2D eigenvalue weighted by Gasteiger charge is 2.09. The Morgan fingerprint density at radius 1 is 1.15 bits per heavy atom. The minimum absolute atomic E-state index is 0.776. The van der Waals surface area contributed by atoms with Gasteiger partial charge in [0.05, 0.1) is 13.1 Å². The molecular formula is C16H24N4. The van der Waals surface area contributed by atoms with E-state index in [9.17, 15) is 0 Å². The van der Waals surface area contributed by atoms with Crippen molar-refractivity contribution in [2.45, 2.75) is 47.2 Å². The van der Waals surface area contributed by atoms with E-state index in [1.807, 2.05) is 4.68 Å². The highest BCUT2D eigenvalue weighted by Crippen LogP contribution is 2.17. The number of nitrogens with zero attached hydrogens (tertiary/aromatic N) is 3. The van der Waals surface area contributed by atoms with Crippen LogP contribution in [0.4, 0.5) is 0 Å². The summed E-state index contributed by atoms with van der Waals surface area (Å²) in [4.78, 5) is 4.35. The van der Waals surface area contributed by atoms with Crippen molar-refractivity contribution < 1.29 is 0 Å². The van der Waals surface area contributed by atoms with E-state index in [1.165, 1.54) is 22.3 Å². The van der Waals surface area contributed by atoms with Crippen LogP contribution < -0.4 is 5.32 Å². The van der Waals surface area contributed by atoms with Gasteiger partial charge in [0.2, 0.25) is 0 Å². The largest absolute Gasteiger partial charge is 0.310 e. The summed E-state index contributed by atoms with van der Waals surface area (Å²) in [5.74, 6) is 0.998. The van der Waals surface area contributed by atoms with E-state index in [4.69, 9.17) is 0 Å². The second kappa shape index (κ2) is 6.66. The van der Waals surface area contributed by atoms with Crippen LogP contribution in [0.5, 0.6) is 0 Å². The SMILES string of the molecule is CCCNCc1ncnn1Cc1c(C)cc(C)cc1C. The van der Waals surface area contributed by atoms with Crippen LogP contribution in [0.2, 0.25) is 0 Å². The molecule has 1 aromatic heterocycles. The molecule has 4 nitrogen and oxygen atoms in total. The van der Waals surface area contributed by atoms with Crippen molar-refractivity contribution in [1.29, 1.82) is 0 Å². The Balaban J connectivity index is 2.16.